The second kappa shape index (κ2) is 8.38. The average molecular weight is 415 g/mol. The molecule has 6 heteroatoms. The van der Waals surface area contributed by atoms with Crippen LogP contribution < -0.4 is 10.1 Å². The van der Waals surface area contributed by atoms with Crippen molar-refractivity contribution in [3.63, 3.8) is 0 Å². The fourth-order valence-electron chi connectivity index (χ4n) is 4.09. The Bertz CT molecular complexity index is 1100. The molecule has 0 bridgehead atoms. The van der Waals surface area contributed by atoms with Gasteiger partial charge in [-0.2, -0.15) is 0 Å². The highest BCUT2D eigenvalue weighted by Gasteiger charge is 2.31. The number of benzene rings is 2. The van der Waals surface area contributed by atoms with Crippen molar-refractivity contribution in [2.75, 3.05) is 13.2 Å². The third-order valence-corrected chi connectivity index (χ3v) is 5.99. The standard InChI is InChI=1S/C25H25N3O3/c29-24(27-19-9-10-19)18-7-11-21(12-8-18)31-16-20-5-3-15-28(20)25(30)23-22-6-2-1-4-17(22)13-14-26-23/h1-2,4,6-8,11-14,19-20H,3,5,9-10,15-16H2,(H,27,29). The first-order chi connectivity index (χ1) is 15.2. The van der Waals surface area contributed by atoms with Crippen LogP contribution >= 0.6 is 0 Å². The van der Waals surface area contributed by atoms with Crippen LogP contribution in [-0.2, 0) is 0 Å². The molecule has 1 unspecified atom stereocenters. The van der Waals surface area contributed by atoms with Crippen LogP contribution in [0, 0.1) is 0 Å². The zero-order valence-corrected chi connectivity index (χ0v) is 17.3. The minimum Gasteiger partial charge on any atom is -0.491 e. The number of carbonyl (C=O) groups excluding carboxylic acids is 2. The Morgan fingerprint density at radius 2 is 1.84 bits per heavy atom. The summed E-state index contributed by atoms with van der Waals surface area (Å²) in [4.78, 5) is 31.6. The van der Waals surface area contributed by atoms with Crippen molar-refractivity contribution in [1.29, 1.82) is 0 Å². The molecule has 2 fully saturated rings. The van der Waals surface area contributed by atoms with Crippen LogP contribution in [0.2, 0.25) is 0 Å². The minimum atomic E-state index is -0.0463. The summed E-state index contributed by atoms with van der Waals surface area (Å²) >= 11 is 0. The van der Waals surface area contributed by atoms with Crippen LogP contribution in [0.1, 0.15) is 46.5 Å². The molecule has 0 radical (unpaired) electrons. The van der Waals surface area contributed by atoms with Crippen molar-refractivity contribution in [1.82, 2.24) is 15.2 Å². The highest BCUT2D eigenvalue weighted by molar-refractivity contribution is 6.05. The van der Waals surface area contributed by atoms with E-state index in [1.54, 1.807) is 18.3 Å². The van der Waals surface area contributed by atoms with Gasteiger partial charge >= 0.3 is 0 Å². The first kappa shape index (κ1) is 19.5. The molecule has 1 atom stereocenters. The van der Waals surface area contributed by atoms with E-state index in [1.807, 2.05) is 47.4 Å². The van der Waals surface area contributed by atoms with Gasteiger partial charge in [0.1, 0.15) is 18.1 Å². The van der Waals surface area contributed by atoms with Gasteiger partial charge in [0.2, 0.25) is 0 Å². The van der Waals surface area contributed by atoms with E-state index in [9.17, 15) is 9.59 Å². The van der Waals surface area contributed by atoms with E-state index in [2.05, 4.69) is 10.3 Å². The molecule has 0 spiro atoms. The number of ether oxygens (including phenoxy) is 1. The van der Waals surface area contributed by atoms with E-state index in [4.69, 9.17) is 4.74 Å². The summed E-state index contributed by atoms with van der Waals surface area (Å²) in [5.41, 5.74) is 1.13. The summed E-state index contributed by atoms with van der Waals surface area (Å²) in [5, 5.41) is 4.87. The SMILES string of the molecule is O=C(NC1CC1)c1ccc(OCC2CCCN2C(=O)c2nccc3ccccc23)cc1. The van der Waals surface area contributed by atoms with Crippen LogP contribution in [0.5, 0.6) is 5.75 Å². The van der Waals surface area contributed by atoms with Gasteiger partial charge in [-0.1, -0.05) is 24.3 Å². The summed E-state index contributed by atoms with van der Waals surface area (Å²) in [6, 6.07) is 17.3. The zero-order chi connectivity index (χ0) is 21.2. The Morgan fingerprint density at radius 3 is 2.65 bits per heavy atom. The third-order valence-electron chi connectivity index (χ3n) is 5.99. The molecule has 2 amide bonds. The van der Waals surface area contributed by atoms with Crippen LogP contribution in [0.3, 0.4) is 0 Å². The highest BCUT2D eigenvalue weighted by atomic mass is 16.5. The van der Waals surface area contributed by atoms with Gasteiger partial charge in [0.15, 0.2) is 0 Å². The average Bonchev–Trinajstić information content (AvgIpc) is 3.50. The molecule has 3 aromatic rings. The molecule has 1 aliphatic heterocycles. The van der Waals surface area contributed by atoms with E-state index in [-0.39, 0.29) is 17.9 Å². The van der Waals surface area contributed by atoms with Crippen molar-refractivity contribution in [2.45, 2.75) is 37.8 Å². The lowest BCUT2D eigenvalue weighted by Gasteiger charge is -2.25. The quantitative estimate of drug-likeness (QED) is 0.665. The second-order valence-corrected chi connectivity index (χ2v) is 8.26. The summed E-state index contributed by atoms with van der Waals surface area (Å²) in [7, 11) is 0. The molecule has 1 N–H and O–H groups in total. The summed E-state index contributed by atoms with van der Waals surface area (Å²) in [5.74, 6) is 0.616. The van der Waals surface area contributed by atoms with Crippen molar-refractivity contribution in [2.24, 2.45) is 0 Å². The van der Waals surface area contributed by atoms with E-state index in [1.165, 1.54) is 0 Å². The Balaban J connectivity index is 1.24. The van der Waals surface area contributed by atoms with Crippen LogP contribution in [0.25, 0.3) is 10.8 Å². The number of nitrogens with one attached hydrogen (secondary N) is 1. The van der Waals surface area contributed by atoms with Gasteiger partial charge in [0.25, 0.3) is 11.8 Å². The predicted molar refractivity (Wildman–Crippen MR) is 118 cm³/mol. The number of amides is 2. The Morgan fingerprint density at radius 1 is 1.03 bits per heavy atom. The number of hydrogen-bond donors (Lipinski definition) is 1. The van der Waals surface area contributed by atoms with E-state index >= 15 is 0 Å². The van der Waals surface area contributed by atoms with Crippen LogP contribution in [0.4, 0.5) is 0 Å². The van der Waals surface area contributed by atoms with Crippen molar-refractivity contribution >= 4 is 22.6 Å². The molecule has 1 aliphatic carbocycles. The van der Waals surface area contributed by atoms with Crippen molar-refractivity contribution < 1.29 is 14.3 Å². The number of aromatic nitrogens is 1. The van der Waals surface area contributed by atoms with Gasteiger partial charge in [-0.15, -0.1) is 0 Å². The monoisotopic (exact) mass is 415 g/mol. The number of nitrogens with zero attached hydrogens (tertiary/aromatic N) is 2. The first-order valence-electron chi connectivity index (χ1n) is 10.9. The molecule has 2 heterocycles. The Labute approximate surface area is 181 Å². The molecule has 158 valence electrons. The van der Waals surface area contributed by atoms with Crippen LogP contribution in [0.15, 0.2) is 60.8 Å². The molecule has 6 nitrogen and oxygen atoms in total. The third kappa shape index (κ3) is 4.24. The molecule has 1 saturated heterocycles. The van der Waals surface area contributed by atoms with E-state index < -0.39 is 0 Å². The Hall–Kier alpha value is -3.41. The molecule has 5 rings (SSSR count). The number of fused-ring (bicyclic) bond motifs is 1. The van der Waals surface area contributed by atoms with Gasteiger partial charge in [0.05, 0.1) is 6.04 Å². The highest BCUT2D eigenvalue weighted by Crippen LogP contribution is 2.25. The fourth-order valence-corrected chi connectivity index (χ4v) is 4.09. The molecule has 1 aromatic heterocycles. The van der Waals surface area contributed by atoms with Crippen LogP contribution in [-0.4, -0.2) is 46.9 Å². The Kier molecular flexibility index (Phi) is 5.28. The molecule has 1 saturated carbocycles. The molecular formula is C25H25N3O3. The topological polar surface area (TPSA) is 71.5 Å². The van der Waals surface area contributed by atoms with Crippen molar-refractivity contribution in [3.8, 4) is 5.75 Å². The first-order valence-corrected chi connectivity index (χ1v) is 10.9. The smallest absolute Gasteiger partial charge is 0.273 e. The lowest BCUT2D eigenvalue weighted by molar-refractivity contribution is 0.0687. The predicted octanol–water partition coefficient (Wildman–Crippen LogP) is 3.81. The normalized spacial score (nSPS) is 18.2. The number of carbonyl (C=O) groups is 2. The van der Waals surface area contributed by atoms with E-state index in [0.717, 1.165) is 36.5 Å². The van der Waals surface area contributed by atoms with Gasteiger partial charge < -0.3 is 15.0 Å². The lowest BCUT2D eigenvalue weighted by atomic mass is 10.1. The maximum absolute atomic E-state index is 13.3. The van der Waals surface area contributed by atoms with Crippen molar-refractivity contribution in [3.05, 3.63) is 72.1 Å². The number of likely N-dealkylation sites (tertiary alicyclic amines) is 1. The number of rotatable bonds is 6. The minimum absolute atomic E-state index is 0.00566. The molecule has 31 heavy (non-hydrogen) atoms. The maximum atomic E-state index is 13.3. The van der Waals surface area contributed by atoms with Gasteiger partial charge in [-0.25, -0.2) is 0 Å². The van der Waals surface area contributed by atoms with Gasteiger partial charge in [-0.3, -0.25) is 14.6 Å². The number of hydrogen-bond acceptors (Lipinski definition) is 4. The molecule has 2 aliphatic rings. The largest absolute Gasteiger partial charge is 0.491 e. The summed E-state index contributed by atoms with van der Waals surface area (Å²) in [6.07, 6.45) is 5.68. The fraction of sp³-hybridized carbons (Fsp3) is 0.320. The second-order valence-electron chi connectivity index (χ2n) is 8.26. The summed E-state index contributed by atoms with van der Waals surface area (Å²) < 4.78 is 5.98. The van der Waals surface area contributed by atoms with Gasteiger partial charge in [0, 0.05) is 29.7 Å². The molecule has 2 aromatic carbocycles. The summed E-state index contributed by atoms with van der Waals surface area (Å²) in [6.45, 7) is 1.13. The maximum Gasteiger partial charge on any atom is 0.273 e. The lowest BCUT2D eigenvalue weighted by Crippen LogP contribution is -2.39. The van der Waals surface area contributed by atoms with Gasteiger partial charge in [-0.05, 0) is 61.4 Å². The zero-order valence-electron chi connectivity index (χ0n) is 17.3. The number of pyridine rings is 1. The van der Waals surface area contributed by atoms with E-state index in [0.29, 0.717) is 36.2 Å². The molecular weight excluding hydrogens is 390 g/mol.